The van der Waals surface area contributed by atoms with Crippen molar-refractivity contribution in [3.05, 3.63) is 30.1 Å². The van der Waals surface area contributed by atoms with E-state index in [1.807, 2.05) is 24.3 Å². The third-order valence-corrected chi connectivity index (χ3v) is 5.50. The molecule has 2 aromatic rings. The Hall–Kier alpha value is -2.12. The number of likely N-dealkylation sites (tertiary alicyclic amines) is 1. The molecule has 1 aromatic carbocycles. The maximum absolute atomic E-state index is 12.6. The standard InChI is InChI=1S/C19H25N5O2/c25-18(17-21-15-5-1-2-6-16(15)22-23-17)20-13-19(7-11-26-12-8-19)14-24-9-3-4-10-24/h1-2,5-6H,3-4,7-14H2,(H,20,25). The summed E-state index contributed by atoms with van der Waals surface area (Å²) in [5.74, 6) is -0.123. The second-order valence-electron chi connectivity index (χ2n) is 7.40. The Morgan fingerprint density at radius 1 is 1.12 bits per heavy atom. The summed E-state index contributed by atoms with van der Waals surface area (Å²) in [6.45, 7) is 5.49. The third-order valence-electron chi connectivity index (χ3n) is 5.50. The van der Waals surface area contributed by atoms with Gasteiger partial charge < -0.3 is 15.0 Å². The van der Waals surface area contributed by atoms with Gasteiger partial charge in [0, 0.05) is 31.7 Å². The van der Waals surface area contributed by atoms with Gasteiger partial charge in [0.05, 0.1) is 5.52 Å². The number of rotatable bonds is 5. The predicted molar refractivity (Wildman–Crippen MR) is 97.8 cm³/mol. The van der Waals surface area contributed by atoms with Crippen LogP contribution < -0.4 is 5.32 Å². The van der Waals surface area contributed by atoms with E-state index in [2.05, 4.69) is 25.4 Å². The molecule has 1 amide bonds. The molecule has 0 atom stereocenters. The van der Waals surface area contributed by atoms with Gasteiger partial charge in [-0.1, -0.05) is 12.1 Å². The minimum Gasteiger partial charge on any atom is -0.381 e. The minimum absolute atomic E-state index is 0.0720. The molecule has 2 aliphatic rings. The van der Waals surface area contributed by atoms with Gasteiger partial charge in [0.1, 0.15) is 5.52 Å². The Morgan fingerprint density at radius 2 is 1.85 bits per heavy atom. The van der Waals surface area contributed by atoms with Gasteiger partial charge in [-0.2, -0.15) is 0 Å². The highest BCUT2D eigenvalue weighted by atomic mass is 16.5. The number of aromatic nitrogens is 3. The number of carbonyl (C=O) groups excluding carboxylic acids is 1. The number of para-hydroxylation sites is 1. The molecule has 138 valence electrons. The second kappa shape index (κ2) is 7.63. The van der Waals surface area contributed by atoms with Crippen LogP contribution in [0.1, 0.15) is 36.3 Å². The lowest BCUT2D eigenvalue weighted by Crippen LogP contribution is -2.48. The van der Waals surface area contributed by atoms with Crippen LogP contribution in [-0.4, -0.2) is 65.4 Å². The van der Waals surface area contributed by atoms with E-state index in [-0.39, 0.29) is 17.1 Å². The van der Waals surface area contributed by atoms with Crippen LogP contribution >= 0.6 is 0 Å². The zero-order chi connectivity index (χ0) is 17.8. The highest BCUT2D eigenvalue weighted by molar-refractivity contribution is 5.91. The molecule has 7 heteroatoms. The van der Waals surface area contributed by atoms with Crippen LogP contribution in [0.3, 0.4) is 0 Å². The second-order valence-corrected chi connectivity index (χ2v) is 7.40. The van der Waals surface area contributed by atoms with Crippen LogP contribution in [-0.2, 0) is 4.74 Å². The molecule has 0 saturated carbocycles. The van der Waals surface area contributed by atoms with E-state index in [1.165, 1.54) is 12.8 Å². The van der Waals surface area contributed by atoms with Crippen molar-refractivity contribution in [1.29, 1.82) is 0 Å². The fraction of sp³-hybridized carbons (Fsp3) is 0.579. The van der Waals surface area contributed by atoms with Crippen molar-refractivity contribution in [2.45, 2.75) is 25.7 Å². The van der Waals surface area contributed by atoms with E-state index in [4.69, 9.17) is 4.74 Å². The van der Waals surface area contributed by atoms with Crippen molar-refractivity contribution in [3.8, 4) is 0 Å². The van der Waals surface area contributed by atoms with Crippen molar-refractivity contribution in [1.82, 2.24) is 25.4 Å². The molecule has 0 radical (unpaired) electrons. The van der Waals surface area contributed by atoms with Crippen molar-refractivity contribution in [3.63, 3.8) is 0 Å². The first kappa shape index (κ1) is 17.3. The van der Waals surface area contributed by atoms with Gasteiger partial charge in [-0.25, -0.2) is 4.98 Å². The summed E-state index contributed by atoms with van der Waals surface area (Å²) in [5.41, 5.74) is 1.45. The molecule has 0 bridgehead atoms. The first-order valence-corrected chi connectivity index (χ1v) is 9.42. The summed E-state index contributed by atoms with van der Waals surface area (Å²) in [4.78, 5) is 19.5. The molecule has 26 heavy (non-hydrogen) atoms. The molecular formula is C19H25N5O2. The van der Waals surface area contributed by atoms with Crippen molar-refractivity contribution in [2.24, 2.45) is 5.41 Å². The molecule has 1 N–H and O–H groups in total. The lowest BCUT2D eigenvalue weighted by Gasteiger charge is -2.40. The summed E-state index contributed by atoms with van der Waals surface area (Å²) in [5, 5.41) is 11.1. The van der Waals surface area contributed by atoms with Gasteiger partial charge in [-0.05, 0) is 50.9 Å². The lowest BCUT2D eigenvalue weighted by molar-refractivity contribution is -0.000682. The Labute approximate surface area is 153 Å². The molecule has 0 unspecified atom stereocenters. The van der Waals surface area contributed by atoms with E-state index in [1.54, 1.807) is 0 Å². The van der Waals surface area contributed by atoms with Crippen LogP contribution in [0.5, 0.6) is 0 Å². The SMILES string of the molecule is O=C(NCC1(CN2CCCC2)CCOCC1)c1nnc2ccccc2n1. The molecule has 4 rings (SSSR count). The fourth-order valence-corrected chi connectivity index (χ4v) is 3.93. The van der Waals surface area contributed by atoms with Gasteiger partial charge in [-0.3, -0.25) is 4.79 Å². The number of ether oxygens (including phenoxy) is 1. The maximum atomic E-state index is 12.6. The monoisotopic (exact) mass is 355 g/mol. The lowest BCUT2D eigenvalue weighted by atomic mass is 9.79. The molecule has 2 aliphatic heterocycles. The van der Waals surface area contributed by atoms with E-state index in [9.17, 15) is 4.79 Å². The quantitative estimate of drug-likeness (QED) is 0.878. The molecule has 0 aliphatic carbocycles. The molecule has 7 nitrogen and oxygen atoms in total. The topological polar surface area (TPSA) is 80.2 Å². The Kier molecular flexibility index (Phi) is 5.08. The van der Waals surface area contributed by atoms with E-state index in [0.717, 1.165) is 45.7 Å². The van der Waals surface area contributed by atoms with Crippen LogP contribution in [0.4, 0.5) is 0 Å². The van der Waals surface area contributed by atoms with Gasteiger partial charge in [0.15, 0.2) is 0 Å². The molecule has 0 spiro atoms. The third kappa shape index (κ3) is 3.83. The van der Waals surface area contributed by atoms with Gasteiger partial charge in [-0.15, -0.1) is 10.2 Å². The smallest absolute Gasteiger partial charge is 0.291 e. The first-order valence-electron chi connectivity index (χ1n) is 9.42. The summed E-state index contributed by atoms with van der Waals surface area (Å²) in [6.07, 6.45) is 4.49. The van der Waals surface area contributed by atoms with Gasteiger partial charge in [0.2, 0.25) is 5.82 Å². The average molecular weight is 355 g/mol. The predicted octanol–water partition coefficient (Wildman–Crippen LogP) is 1.65. The summed E-state index contributed by atoms with van der Waals surface area (Å²) < 4.78 is 5.56. The molecular weight excluding hydrogens is 330 g/mol. The number of nitrogens with one attached hydrogen (secondary N) is 1. The van der Waals surface area contributed by atoms with Crippen molar-refractivity contribution >= 4 is 16.9 Å². The maximum Gasteiger partial charge on any atom is 0.291 e. The minimum atomic E-state index is -0.254. The molecule has 1 aromatic heterocycles. The summed E-state index contributed by atoms with van der Waals surface area (Å²) >= 11 is 0. The Bertz CT molecular complexity index is 769. The van der Waals surface area contributed by atoms with Gasteiger partial charge >= 0.3 is 0 Å². The number of fused-ring (bicyclic) bond motifs is 1. The largest absolute Gasteiger partial charge is 0.381 e. The highest BCUT2D eigenvalue weighted by Crippen LogP contribution is 2.32. The number of benzene rings is 1. The normalized spacial score (nSPS) is 20.3. The highest BCUT2D eigenvalue weighted by Gasteiger charge is 2.35. The number of hydrogen-bond donors (Lipinski definition) is 1. The van der Waals surface area contributed by atoms with E-state index < -0.39 is 0 Å². The summed E-state index contributed by atoms with van der Waals surface area (Å²) in [7, 11) is 0. The zero-order valence-corrected chi connectivity index (χ0v) is 15.0. The van der Waals surface area contributed by atoms with Crippen LogP contribution in [0.25, 0.3) is 11.0 Å². The number of nitrogens with zero attached hydrogens (tertiary/aromatic N) is 4. The Morgan fingerprint density at radius 3 is 2.62 bits per heavy atom. The number of amides is 1. The zero-order valence-electron chi connectivity index (χ0n) is 15.0. The fourth-order valence-electron chi connectivity index (χ4n) is 3.93. The van der Waals surface area contributed by atoms with E-state index >= 15 is 0 Å². The van der Waals surface area contributed by atoms with E-state index in [0.29, 0.717) is 17.6 Å². The molecule has 2 saturated heterocycles. The van der Waals surface area contributed by atoms with Crippen molar-refractivity contribution < 1.29 is 9.53 Å². The molecule has 3 heterocycles. The van der Waals surface area contributed by atoms with Crippen LogP contribution in [0, 0.1) is 5.41 Å². The number of hydrogen-bond acceptors (Lipinski definition) is 6. The average Bonchev–Trinajstić information content (AvgIpc) is 3.19. The first-order chi connectivity index (χ1) is 12.7. The van der Waals surface area contributed by atoms with Gasteiger partial charge in [0.25, 0.3) is 5.91 Å². The van der Waals surface area contributed by atoms with Crippen molar-refractivity contribution in [2.75, 3.05) is 39.4 Å². The van der Waals surface area contributed by atoms with Crippen LogP contribution in [0.15, 0.2) is 24.3 Å². The number of carbonyl (C=O) groups is 1. The molecule has 2 fully saturated rings. The Balaban J connectivity index is 1.44. The summed E-state index contributed by atoms with van der Waals surface area (Å²) in [6, 6.07) is 7.44. The van der Waals surface area contributed by atoms with Crippen LogP contribution in [0.2, 0.25) is 0 Å².